The first kappa shape index (κ1) is 7.92. The fourth-order valence-electron chi connectivity index (χ4n) is 1.52. The normalized spacial score (nSPS) is 16.4. The van der Waals surface area contributed by atoms with Crippen molar-refractivity contribution in [2.75, 3.05) is 0 Å². The molecule has 0 unspecified atom stereocenters. The monoisotopic (exact) mass is 180 g/mol. The number of aromatic amines is 1. The molecule has 64 valence electrons. The lowest BCUT2D eigenvalue weighted by molar-refractivity contribution is 0.913. The van der Waals surface area contributed by atoms with Gasteiger partial charge in [0.2, 0.25) is 0 Å². The van der Waals surface area contributed by atoms with Crippen molar-refractivity contribution in [1.29, 1.82) is 0 Å². The molecule has 1 N–H and O–H groups in total. The third kappa shape index (κ3) is 1.29. The van der Waals surface area contributed by atoms with Gasteiger partial charge in [-0.3, -0.25) is 0 Å². The number of nitrogens with one attached hydrogen (secondary N) is 1. The van der Waals surface area contributed by atoms with Gasteiger partial charge in [-0.15, -0.1) is 0 Å². The molecule has 0 bridgehead atoms. The SMILES string of the molecule is CCc1c(C2CC2)[nH]cnc1=S. The lowest BCUT2D eigenvalue weighted by Crippen LogP contribution is -1.97. The molecule has 0 radical (unpaired) electrons. The smallest absolute Gasteiger partial charge is 0.132 e. The predicted molar refractivity (Wildman–Crippen MR) is 50.8 cm³/mol. The molecule has 0 spiro atoms. The summed E-state index contributed by atoms with van der Waals surface area (Å²) < 4.78 is 0.776. The topological polar surface area (TPSA) is 28.7 Å². The highest BCUT2D eigenvalue weighted by molar-refractivity contribution is 7.71. The van der Waals surface area contributed by atoms with Crippen molar-refractivity contribution >= 4 is 12.2 Å². The highest BCUT2D eigenvalue weighted by atomic mass is 32.1. The van der Waals surface area contributed by atoms with Crippen molar-refractivity contribution < 1.29 is 0 Å². The number of hydrogen-bond donors (Lipinski definition) is 1. The van der Waals surface area contributed by atoms with Crippen LogP contribution in [0.5, 0.6) is 0 Å². The Hall–Kier alpha value is -0.700. The Bertz CT molecular complexity index is 339. The van der Waals surface area contributed by atoms with Gasteiger partial charge in [-0.05, 0) is 25.2 Å². The van der Waals surface area contributed by atoms with Crippen molar-refractivity contribution in [3.8, 4) is 0 Å². The predicted octanol–water partition coefficient (Wildman–Crippen LogP) is 2.58. The largest absolute Gasteiger partial charge is 0.349 e. The summed E-state index contributed by atoms with van der Waals surface area (Å²) in [4.78, 5) is 7.29. The summed E-state index contributed by atoms with van der Waals surface area (Å²) in [5.74, 6) is 0.740. The van der Waals surface area contributed by atoms with E-state index in [1.807, 2.05) is 0 Å². The van der Waals surface area contributed by atoms with Gasteiger partial charge in [0.05, 0.1) is 6.33 Å². The molecule has 1 aliphatic rings. The van der Waals surface area contributed by atoms with Crippen LogP contribution >= 0.6 is 12.2 Å². The minimum atomic E-state index is 0.740. The molecule has 0 amide bonds. The van der Waals surface area contributed by atoms with E-state index < -0.39 is 0 Å². The highest BCUT2D eigenvalue weighted by Gasteiger charge is 2.26. The van der Waals surface area contributed by atoms with Crippen molar-refractivity contribution in [3.05, 3.63) is 22.2 Å². The Morgan fingerprint density at radius 3 is 3.00 bits per heavy atom. The second-order valence-electron chi connectivity index (χ2n) is 3.23. The third-order valence-corrected chi connectivity index (χ3v) is 2.68. The van der Waals surface area contributed by atoms with Crippen LogP contribution in [0.2, 0.25) is 0 Å². The first-order valence-corrected chi connectivity index (χ1v) is 4.80. The van der Waals surface area contributed by atoms with Gasteiger partial charge in [0, 0.05) is 11.3 Å². The van der Waals surface area contributed by atoms with Gasteiger partial charge in [-0.25, -0.2) is 4.98 Å². The number of nitrogens with zero attached hydrogens (tertiary/aromatic N) is 1. The van der Waals surface area contributed by atoms with Crippen LogP contribution in [0.1, 0.15) is 36.9 Å². The van der Waals surface area contributed by atoms with E-state index in [0.29, 0.717) is 0 Å². The van der Waals surface area contributed by atoms with E-state index in [1.165, 1.54) is 24.1 Å². The summed E-state index contributed by atoms with van der Waals surface area (Å²) in [6, 6.07) is 0. The molecule has 0 aromatic carbocycles. The van der Waals surface area contributed by atoms with Gasteiger partial charge in [-0.1, -0.05) is 19.1 Å². The Kier molecular flexibility index (Phi) is 1.97. The van der Waals surface area contributed by atoms with E-state index in [2.05, 4.69) is 16.9 Å². The molecule has 0 saturated heterocycles. The van der Waals surface area contributed by atoms with Gasteiger partial charge < -0.3 is 4.98 Å². The zero-order valence-corrected chi connectivity index (χ0v) is 7.95. The van der Waals surface area contributed by atoms with Gasteiger partial charge in [0.25, 0.3) is 0 Å². The van der Waals surface area contributed by atoms with Crippen molar-refractivity contribution in [3.63, 3.8) is 0 Å². The van der Waals surface area contributed by atoms with E-state index in [1.54, 1.807) is 6.33 Å². The lowest BCUT2D eigenvalue weighted by Gasteiger charge is -2.04. The number of aromatic nitrogens is 2. The Morgan fingerprint density at radius 2 is 2.42 bits per heavy atom. The summed E-state index contributed by atoms with van der Waals surface area (Å²) in [7, 11) is 0. The summed E-state index contributed by atoms with van der Waals surface area (Å²) >= 11 is 5.15. The summed E-state index contributed by atoms with van der Waals surface area (Å²) in [6.07, 6.45) is 5.33. The van der Waals surface area contributed by atoms with E-state index in [0.717, 1.165) is 17.0 Å². The van der Waals surface area contributed by atoms with Gasteiger partial charge in [0.1, 0.15) is 4.64 Å². The Morgan fingerprint density at radius 1 is 1.67 bits per heavy atom. The van der Waals surface area contributed by atoms with E-state index in [9.17, 15) is 0 Å². The van der Waals surface area contributed by atoms with Gasteiger partial charge >= 0.3 is 0 Å². The van der Waals surface area contributed by atoms with Crippen LogP contribution in [-0.2, 0) is 6.42 Å². The van der Waals surface area contributed by atoms with Crippen molar-refractivity contribution in [2.45, 2.75) is 32.1 Å². The van der Waals surface area contributed by atoms with Crippen molar-refractivity contribution in [1.82, 2.24) is 9.97 Å². The summed E-state index contributed by atoms with van der Waals surface area (Å²) in [6.45, 7) is 2.13. The lowest BCUT2D eigenvalue weighted by atomic mass is 10.1. The molecule has 2 rings (SSSR count). The molecule has 3 heteroatoms. The fourth-order valence-corrected chi connectivity index (χ4v) is 1.83. The molecule has 1 saturated carbocycles. The zero-order valence-electron chi connectivity index (χ0n) is 7.13. The summed E-state index contributed by atoms with van der Waals surface area (Å²) in [5.41, 5.74) is 2.58. The maximum atomic E-state index is 5.15. The quantitative estimate of drug-likeness (QED) is 0.709. The maximum Gasteiger partial charge on any atom is 0.132 e. The van der Waals surface area contributed by atoms with Crippen LogP contribution in [0.25, 0.3) is 0 Å². The van der Waals surface area contributed by atoms with Crippen LogP contribution < -0.4 is 0 Å². The van der Waals surface area contributed by atoms with Crippen LogP contribution in [0.4, 0.5) is 0 Å². The molecule has 1 aliphatic carbocycles. The van der Waals surface area contributed by atoms with Crippen LogP contribution in [-0.4, -0.2) is 9.97 Å². The Balaban J connectivity index is 2.51. The van der Waals surface area contributed by atoms with Crippen LogP contribution in [0.3, 0.4) is 0 Å². The number of hydrogen-bond acceptors (Lipinski definition) is 2. The molecule has 2 nitrogen and oxygen atoms in total. The minimum absolute atomic E-state index is 0.740. The minimum Gasteiger partial charge on any atom is -0.349 e. The maximum absolute atomic E-state index is 5.15. The second kappa shape index (κ2) is 2.98. The van der Waals surface area contributed by atoms with Crippen LogP contribution in [0, 0.1) is 4.64 Å². The van der Waals surface area contributed by atoms with Crippen LogP contribution in [0.15, 0.2) is 6.33 Å². The molecule has 1 heterocycles. The van der Waals surface area contributed by atoms with E-state index in [-0.39, 0.29) is 0 Å². The molecular formula is C9H12N2S. The average Bonchev–Trinajstić information content (AvgIpc) is 2.86. The first-order chi connectivity index (χ1) is 5.83. The molecule has 0 atom stereocenters. The van der Waals surface area contributed by atoms with Crippen molar-refractivity contribution in [2.24, 2.45) is 0 Å². The summed E-state index contributed by atoms with van der Waals surface area (Å²) in [5, 5.41) is 0. The average molecular weight is 180 g/mol. The number of H-pyrrole nitrogens is 1. The second-order valence-corrected chi connectivity index (χ2v) is 3.61. The highest BCUT2D eigenvalue weighted by Crippen LogP contribution is 2.40. The molecule has 1 fully saturated rings. The van der Waals surface area contributed by atoms with Gasteiger partial charge in [-0.2, -0.15) is 0 Å². The molecule has 12 heavy (non-hydrogen) atoms. The number of rotatable bonds is 2. The molecule has 1 aromatic heterocycles. The molecule has 0 aliphatic heterocycles. The molecule has 1 aromatic rings. The molecular weight excluding hydrogens is 168 g/mol. The Labute approximate surface area is 77.0 Å². The first-order valence-electron chi connectivity index (χ1n) is 4.39. The van der Waals surface area contributed by atoms with E-state index >= 15 is 0 Å². The standard InChI is InChI=1S/C9H12N2S/c1-2-7-8(6-3-4-6)10-5-11-9(7)12/h5-6H,2-4H2,1H3,(H,10,11,12). The zero-order chi connectivity index (χ0) is 8.55. The third-order valence-electron chi connectivity index (χ3n) is 2.32. The van der Waals surface area contributed by atoms with E-state index in [4.69, 9.17) is 12.2 Å². The fraction of sp³-hybridized carbons (Fsp3) is 0.556. The van der Waals surface area contributed by atoms with Gasteiger partial charge in [0.15, 0.2) is 0 Å².